The Morgan fingerprint density at radius 2 is 1.44 bits per heavy atom. The van der Waals surface area contributed by atoms with Gasteiger partial charge in [0.15, 0.2) is 27.9 Å². The van der Waals surface area contributed by atoms with Crippen LogP contribution in [-0.2, 0) is 31.2 Å². The van der Waals surface area contributed by atoms with Crippen molar-refractivity contribution in [3.05, 3.63) is 140 Å². The van der Waals surface area contributed by atoms with E-state index in [1.165, 1.54) is 83.3 Å². The van der Waals surface area contributed by atoms with Crippen molar-refractivity contribution in [1.29, 1.82) is 0 Å². The molecule has 6 atom stereocenters. The summed E-state index contributed by atoms with van der Waals surface area (Å²) in [6.45, 7) is 6.01. The normalized spacial score (nSPS) is 20.9. The molecule has 2 aliphatic heterocycles. The van der Waals surface area contributed by atoms with E-state index < -0.39 is 21.8 Å². The highest BCUT2D eigenvalue weighted by Gasteiger charge is 2.44. The Bertz CT molecular complexity index is 4440. The lowest BCUT2D eigenvalue weighted by Gasteiger charge is -2.46. The quantitative estimate of drug-likeness (QED) is 0.0773. The number of amides is 1. The number of carbonyl (C=O) groups excluding carboxylic acids is 2. The molecule has 1 fully saturated rings. The van der Waals surface area contributed by atoms with Crippen LogP contribution in [0.15, 0.2) is 101 Å². The summed E-state index contributed by atoms with van der Waals surface area (Å²) in [5, 5.41) is 2.50. The number of methoxy groups -OCH3 is 5. The lowest BCUT2D eigenvalue weighted by Crippen LogP contribution is -2.49. The van der Waals surface area contributed by atoms with Gasteiger partial charge in [0.25, 0.3) is 11.5 Å². The number of fused-ring (bicyclic) bond motifs is 7. The summed E-state index contributed by atoms with van der Waals surface area (Å²) in [5.74, 6) is 0.525. The van der Waals surface area contributed by atoms with Crippen LogP contribution < -0.4 is 38.9 Å². The maximum atomic E-state index is 14.9. The molecule has 4 aliphatic rings. The number of hydrogen-bond donors (Lipinski definition) is 2. The van der Waals surface area contributed by atoms with Crippen molar-refractivity contribution in [2.24, 2.45) is 22.1 Å². The maximum absolute atomic E-state index is 14.9. The summed E-state index contributed by atoms with van der Waals surface area (Å²) in [4.78, 5) is 93.1. The molecular formula is C61H64Cl3N17O11S. The number of aromatic amines is 1. The van der Waals surface area contributed by atoms with Gasteiger partial charge in [-0.2, -0.15) is 19.9 Å². The Labute approximate surface area is 548 Å². The fourth-order valence-electron chi connectivity index (χ4n) is 11.2. The number of allylic oxidation sites excluding steroid dienone is 1. The van der Waals surface area contributed by atoms with Crippen molar-refractivity contribution in [3.63, 3.8) is 0 Å². The number of hydrogen-bond acceptors (Lipinski definition) is 25. The molecular weight excluding hydrogens is 1290 g/mol. The molecule has 32 heteroatoms. The van der Waals surface area contributed by atoms with Gasteiger partial charge in [-0.1, -0.05) is 59.9 Å². The van der Waals surface area contributed by atoms with Crippen molar-refractivity contribution in [2.45, 2.75) is 63.9 Å². The summed E-state index contributed by atoms with van der Waals surface area (Å²) in [7, 11) is 4.17. The van der Waals surface area contributed by atoms with Gasteiger partial charge >= 0.3 is 30.0 Å². The lowest BCUT2D eigenvalue weighted by atomic mass is 9.68. The van der Waals surface area contributed by atoms with Crippen LogP contribution in [0.5, 0.6) is 29.8 Å². The van der Waals surface area contributed by atoms with Crippen LogP contribution in [0.25, 0.3) is 33.1 Å². The molecule has 2 N–H and O–H groups in total. The largest absolute Gasteiger partial charge is 0.490 e. The fraction of sp³-hybridized carbons (Fsp3) is 0.377. The number of aromatic nitrogens is 14. The van der Waals surface area contributed by atoms with Crippen LogP contribution in [-0.4, -0.2) is 160 Å². The molecule has 0 radical (unpaired) electrons. The van der Waals surface area contributed by atoms with Crippen LogP contribution in [0.1, 0.15) is 77.8 Å². The van der Waals surface area contributed by atoms with Crippen molar-refractivity contribution < 1.29 is 47.0 Å². The van der Waals surface area contributed by atoms with E-state index in [1.807, 2.05) is 25.1 Å². The Morgan fingerprint density at radius 1 is 0.774 bits per heavy atom. The summed E-state index contributed by atoms with van der Waals surface area (Å²) in [6.07, 6.45) is 19.6. The van der Waals surface area contributed by atoms with Crippen molar-refractivity contribution in [3.8, 4) is 29.8 Å². The first-order valence-electron chi connectivity index (χ1n) is 29.2. The summed E-state index contributed by atoms with van der Waals surface area (Å²) < 4.78 is 59.4. The second-order valence-corrected chi connectivity index (χ2v) is 24.9. The molecule has 13 rings (SSSR count). The van der Waals surface area contributed by atoms with E-state index in [0.29, 0.717) is 68.7 Å². The number of ether oxygens (including phenoxy) is 7. The number of anilines is 2. The van der Waals surface area contributed by atoms with E-state index in [2.05, 4.69) is 108 Å². The zero-order valence-corrected chi connectivity index (χ0v) is 54.6. The molecule has 1 amide bonds. The number of benzene rings is 2. The number of rotatable bonds is 9. The summed E-state index contributed by atoms with van der Waals surface area (Å²) >= 11 is 18.0. The van der Waals surface area contributed by atoms with E-state index in [1.54, 1.807) is 20.1 Å². The van der Waals surface area contributed by atoms with Crippen molar-refractivity contribution in [1.82, 2.24) is 69.8 Å². The van der Waals surface area contributed by atoms with E-state index in [4.69, 9.17) is 68.0 Å². The highest BCUT2D eigenvalue weighted by Crippen LogP contribution is 2.47. The molecule has 28 nitrogen and oxygen atoms in total. The molecule has 2 aliphatic carbocycles. The zero-order valence-electron chi connectivity index (χ0n) is 51.5. The third-order valence-corrected chi connectivity index (χ3v) is 18.6. The highest BCUT2D eigenvalue weighted by molar-refractivity contribution is 7.95. The van der Waals surface area contributed by atoms with Gasteiger partial charge in [-0.15, -0.1) is 4.36 Å². The van der Waals surface area contributed by atoms with E-state index >= 15 is 0 Å². The zero-order chi connectivity index (χ0) is 65.8. The minimum absolute atomic E-state index is 0.0234. The first-order valence-corrected chi connectivity index (χ1v) is 32.0. The number of H-pyrrole nitrogens is 1. The van der Waals surface area contributed by atoms with Gasteiger partial charge in [0, 0.05) is 54.8 Å². The average Bonchev–Trinajstić information content (AvgIpc) is 1.72. The first kappa shape index (κ1) is 66.8. The van der Waals surface area contributed by atoms with Gasteiger partial charge in [-0.25, -0.2) is 53.9 Å². The first-order chi connectivity index (χ1) is 45.0. The molecule has 1 saturated carbocycles. The summed E-state index contributed by atoms with van der Waals surface area (Å²) in [5.41, 5.74) is 4.46. The van der Waals surface area contributed by atoms with Crippen LogP contribution in [0.3, 0.4) is 0 Å². The van der Waals surface area contributed by atoms with Gasteiger partial charge < -0.3 is 43.0 Å². The topological polar surface area (TPSA) is 344 Å². The van der Waals surface area contributed by atoms with Crippen LogP contribution in [0.4, 0.5) is 11.5 Å². The summed E-state index contributed by atoms with van der Waals surface area (Å²) in [6, 6.07) is 12.4. The number of aryl methyl sites for hydroxylation is 1. The molecule has 0 saturated heterocycles. The number of carbonyl (C=O) groups is 2. The standard InChI is InChI=1S/C39H44ClN7O5S.C8H9ClN2O3.C7H5ClN4O.C7H6N4O2/c1-24-6-4-8-33(50-2)29-12-9-27(29)19-47-21-39(15-5-7-25-16-28(40)11-13-31(25)39)22-52-34-14-10-26(17-32(34)47)37(48)46-53(49,20-24)45-36-30-18-41-38(51-3)44-35(30)42-23-43-36;1-3-14-7(12)5-4-10-8(13-2)11-6(5)9;1-13-7-9-2-4-5(8)10-3-11-6(4)12-7;1-13-7-8-2-4-5(11-7)9-3-10-6(4)12/h4,8,10-11,13-14,16-18,23-24,27,29,33H,5-7,9,12,15,19-22H2,1-3H3,(H,41,42,43,44,45,46,48,49);4H,3H2,1-2H3;2-3H,1H3;2-3H,1H3,(H,8,9,10,11,12)/b8-4+;;;/t24-,27-,29+,33-,39-,53?;;;/m0.../s1. The molecule has 9 heterocycles. The molecule has 486 valence electrons. The fourth-order valence-corrected chi connectivity index (χ4v) is 13.7. The van der Waals surface area contributed by atoms with Gasteiger partial charge in [0.05, 0.1) is 82.5 Å². The van der Waals surface area contributed by atoms with Crippen molar-refractivity contribution >= 4 is 101 Å². The van der Waals surface area contributed by atoms with E-state index in [0.717, 1.165) is 61.7 Å². The SMILES string of the molecule is CCOC(=O)c1cnc(OC)nc1Cl.COc1ncc2c(=O)[nH]cnc2n1.COc1ncc2c(Cl)ncnc2n1.COc1ncc2c(NS3(=O)=NC(=O)c4ccc5c(c4)N(C[C@@H]4CC[C@H]4[C@@H](OC)/C=C/C[C@H](C)C3)C[C@@]3(CCCc4cc(Cl)ccc43)CO5)ncnc2n1. The Morgan fingerprint density at radius 3 is 2.12 bits per heavy atom. The van der Waals surface area contributed by atoms with Crippen LogP contribution >= 0.6 is 34.8 Å². The number of nitrogens with one attached hydrogen (secondary N) is 2. The third kappa shape index (κ3) is 15.7. The predicted octanol–water partition coefficient (Wildman–Crippen LogP) is 8.95. The van der Waals surface area contributed by atoms with Gasteiger partial charge in [0.2, 0.25) is 0 Å². The van der Waals surface area contributed by atoms with Gasteiger partial charge in [-0.3, -0.25) is 14.3 Å². The smallest absolute Gasteiger partial charge is 0.342 e. The molecule has 2 bridgehead atoms. The second-order valence-electron chi connectivity index (χ2n) is 21.7. The second kappa shape index (κ2) is 30.1. The number of halogens is 3. The monoisotopic (exact) mass is 1350 g/mol. The van der Waals surface area contributed by atoms with Crippen LogP contribution in [0, 0.1) is 17.8 Å². The molecule has 9 aromatic rings. The van der Waals surface area contributed by atoms with Crippen LogP contribution in [0.2, 0.25) is 15.3 Å². The third-order valence-electron chi connectivity index (χ3n) is 15.8. The van der Waals surface area contributed by atoms with Gasteiger partial charge in [-0.05, 0) is 105 Å². The molecule has 1 unspecified atom stereocenters. The minimum Gasteiger partial charge on any atom is -0.490 e. The Hall–Kier alpha value is -9.16. The molecule has 7 aromatic heterocycles. The minimum atomic E-state index is -3.43. The average molecular weight is 1350 g/mol. The highest BCUT2D eigenvalue weighted by atomic mass is 35.5. The van der Waals surface area contributed by atoms with E-state index in [9.17, 15) is 18.6 Å². The molecule has 93 heavy (non-hydrogen) atoms. The van der Waals surface area contributed by atoms with E-state index in [-0.39, 0.29) is 75.9 Å². The number of nitrogens with zero attached hydrogens (tertiary/aromatic N) is 15. The maximum Gasteiger partial charge on any atom is 0.342 e. The Balaban J connectivity index is 0.000000188. The van der Waals surface area contributed by atoms with Crippen molar-refractivity contribution in [2.75, 3.05) is 77.2 Å². The lowest BCUT2D eigenvalue weighted by molar-refractivity contribution is 0.0131. The number of esters is 1. The van der Waals surface area contributed by atoms with Gasteiger partial charge in [0.1, 0.15) is 44.4 Å². The molecule has 2 aromatic carbocycles. The predicted molar refractivity (Wildman–Crippen MR) is 346 cm³/mol. The Kier molecular flexibility index (Phi) is 21.6. The molecule has 1 spiro atoms.